The van der Waals surface area contributed by atoms with Gasteiger partial charge < -0.3 is 19.7 Å². The third kappa shape index (κ3) is 3.88. The first-order valence-corrected chi connectivity index (χ1v) is 8.00. The largest absolute Gasteiger partial charge is 0.478 e. The van der Waals surface area contributed by atoms with E-state index in [1.165, 1.54) is 24.7 Å². The average molecular weight is 342 g/mol. The van der Waals surface area contributed by atoms with E-state index in [2.05, 4.69) is 5.32 Å². The summed E-state index contributed by atoms with van der Waals surface area (Å²) < 4.78 is 4.93. The number of likely N-dealkylation sites (tertiary alicyclic amines) is 1. The van der Waals surface area contributed by atoms with Crippen LogP contribution in [0, 0.1) is 0 Å². The van der Waals surface area contributed by atoms with Gasteiger partial charge in [0.1, 0.15) is 6.26 Å². The number of benzene rings is 1. The molecule has 0 saturated carbocycles. The quantitative estimate of drug-likeness (QED) is 0.885. The van der Waals surface area contributed by atoms with Gasteiger partial charge >= 0.3 is 5.97 Å². The highest BCUT2D eigenvalue weighted by molar-refractivity contribution is 5.97. The fourth-order valence-electron chi connectivity index (χ4n) is 2.86. The van der Waals surface area contributed by atoms with E-state index in [9.17, 15) is 14.4 Å². The fourth-order valence-corrected chi connectivity index (χ4v) is 2.86. The number of carbonyl (C=O) groups is 3. The molecule has 7 nitrogen and oxygen atoms in total. The van der Waals surface area contributed by atoms with Crippen LogP contribution in [0.25, 0.3) is 0 Å². The van der Waals surface area contributed by atoms with Crippen molar-refractivity contribution < 1.29 is 23.9 Å². The van der Waals surface area contributed by atoms with Crippen molar-refractivity contribution in [3.05, 3.63) is 59.5 Å². The summed E-state index contributed by atoms with van der Waals surface area (Å²) in [4.78, 5) is 37.3. The van der Waals surface area contributed by atoms with Gasteiger partial charge in [-0.05, 0) is 37.1 Å². The molecule has 3 rings (SSSR count). The maximum Gasteiger partial charge on any atom is 0.335 e. The Bertz CT molecular complexity index is 777. The second kappa shape index (κ2) is 7.21. The Hall–Kier alpha value is -3.09. The van der Waals surface area contributed by atoms with Crippen LogP contribution in [0.2, 0.25) is 0 Å². The number of nitrogens with zero attached hydrogens (tertiary/aromatic N) is 1. The maximum absolute atomic E-state index is 12.3. The van der Waals surface area contributed by atoms with Crippen molar-refractivity contribution in [1.29, 1.82) is 0 Å². The van der Waals surface area contributed by atoms with Crippen molar-refractivity contribution in [1.82, 2.24) is 10.2 Å². The highest BCUT2D eigenvalue weighted by atomic mass is 16.4. The van der Waals surface area contributed by atoms with E-state index in [1.54, 1.807) is 23.1 Å². The Kier molecular flexibility index (Phi) is 4.83. The van der Waals surface area contributed by atoms with E-state index in [0.29, 0.717) is 37.1 Å². The molecule has 0 unspecified atom stereocenters. The van der Waals surface area contributed by atoms with Crippen LogP contribution in [0.15, 0.2) is 47.3 Å². The van der Waals surface area contributed by atoms with Gasteiger partial charge in [-0.25, -0.2) is 4.79 Å². The van der Waals surface area contributed by atoms with Gasteiger partial charge in [-0.3, -0.25) is 9.59 Å². The van der Waals surface area contributed by atoms with Crippen LogP contribution in [-0.4, -0.2) is 46.9 Å². The number of carboxylic acid groups (broad SMARTS) is 1. The van der Waals surface area contributed by atoms with Crippen LogP contribution in [0.1, 0.15) is 43.9 Å². The Morgan fingerprint density at radius 3 is 2.44 bits per heavy atom. The molecular formula is C18H18N2O5. The number of rotatable bonds is 4. The zero-order valence-corrected chi connectivity index (χ0v) is 13.5. The molecule has 0 spiro atoms. The average Bonchev–Trinajstić information content (AvgIpc) is 3.16. The molecule has 0 aliphatic carbocycles. The van der Waals surface area contributed by atoms with Crippen molar-refractivity contribution in [3.63, 3.8) is 0 Å². The first-order chi connectivity index (χ1) is 12.0. The molecule has 1 aromatic carbocycles. The summed E-state index contributed by atoms with van der Waals surface area (Å²) in [7, 11) is 0. The molecule has 7 heteroatoms. The molecule has 0 bridgehead atoms. The predicted molar refractivity (Wildman–Crippen MR) is 88.5 cm³/mol. The topological polar surface area (TPSA) is 99.8 Å². The summed E-state index contributed by atoms with van der Waals surface area (Å²) in [5.41, 5.74) is 0.915. The van der Waals surface area contributed by atoms with E-state index < -0.39 is 5.97 Å². The molecular weight excluding hydrogens is 324 g/mol. The maximum atomic E-state index is 12.3. The Labute approximate surface area is 144 Å². The number of aromatic carboxylic acids is 1. The third-order valence-corrected chi connectivity index (χ3v) is 4.26. The lowest BCUT2D eigenvalue weighted by Crippen LogP contribution is -2.46. The summed E-state index contributed by atoms with van der Waals surface area (Å²) in [6.45, 7) is 1.09. The van der Waals surface area contributed by atoms with Gasteiger partial charge in [-0.1, -0.05) is 6.07 Å². The molecule has 1 fully saturated rings. The number of carbonyl (C=O) groups excluding carboxylic acids is 2. The molecule has 1 aliphatic rings. The predicted octanol–water partition coefficient (Wildman–Crippen LogP) is 2.01. The second-order valence-electron chi connectivity index (χ2n) is 5.94. The van der Waals surface area contributed by atoms with Crippen molar-refractivity contribution in [2.45, 2.75) is 18.9 Å². The molecule has 2 aromatic rings. The van der Waals surface area contributed by atoms with Gasteiger partial charge in [0, 0.05) is 24.7 Å². The van der Waals surface area contributed by atoms with Gasteiger partial charge in [-0.15, -0.1) is 0 Å². The van der Waals surface area contributed by atoms with Gasteiger partial charge in [0.15, 0.2) is 0 Å². The van der Waals surface area contributed by atoms with Gasteiger partial charge in [0.05, 0.1) is 17.4 Å². The minimum atomic E-state index is -1.07. The highest BCUT2D eigenvalue weighted by Crippen LogP contribution is 2.15. The van der Waals surface area contributed by atoms with E-state index in [0.717, 1.165) is 0 Å². The lowest BCUT2D eigenvalue weighted by molar-refractivity contribution is 0.0688. The van der Waals surface area contributed by atoms with Crippen molar-refractivity contribution in [3.8, 4) is 0 Å². The molecule has 1 aromatic heterocycles. The van der Waals surface area contributed by atoms with Crippen LogP contribution < -0.4 is 5.32 Å². The van der Waals surface area contributed by atoms with Crippen LogP contribution >= 0.6 is 0 Å². The number of hydrogen-bond acceptors (Lipinski definition) is 4. The SMILES string of the molecule is O=C(O)c1cccc(C(=O)NC2CCN(C(=O)c3ccoc3)CC2)c1. The minimum absolute atomic E-state index is 0.0469. The van der Waals surface area contributed by atoms with Gasteiger partial charge in [-0.2, -0.15) is 0 Å². The summed E-state index contributed by atoms with van der Waals surface area (Å²) in [5.74, 6) is -1.45. The van der Waals surface area contributed by atoms with E-state index in [4.69, 9.17) is 9.52 Å². The first-order valence-electron chi connectivity index (χ1n) is 8.00. The number of piperidine rings is 1. The smallest absolute Gasteiger partial charge is 0.335 e. The molecule has 0 atom stereocenters. The summed E-state index contributed by atoms with van der Waals surface area (Å²) in [5, 5.41) is 11.9. The first kappa shape index (κ1) is 16.8. The second-order valence-corrected chi connectivity index (χ2v) is 5.94. The lowest BCUT2D eigenvalue weighted by Gasteiger charge is -2.32. The molecule has 0 radical (unpaired) electrons. The lowest BCUT2D eigenvalue weighted by atomic mass is 10.0. The Balaban J connectivity index is 1.55. The summed E-state index contributed by atoms with van der Waals surface area (Å²) >= 11 is 0. The Morgan fingerprint density at radius 1 is 1.08 bits per heavy atom. The van der Waals surface area contributed by atoms with Crippen LogP contribution in [0.4, 0.5) is 0 Å². The Morgan fingerprint density at radius 2 is 1.80 bits per heavy atom. The zero-order chi connectivity index (χ0) is 17.8. The van der Waals surface area contributed by atoms with E-state index in [1.807, 2.05) is 0 Å². The van der Waals surface area contributed by atoms with Crippen molar-refractivity contribution >= 4 is 17.8 Å². The molecule has 25 heavy (non-hydrogen) atoms. The number of hydrogen-bond donors (Lipinski definition) is 2. The summed E-state index contributed by atoms with van der Waals surface area (Å²) in [6, 6.07) is 7.51. The number of amides is 2. The summed E-state index contributed by atoms with van der Waals surface area (Å²) in [6.07, 6.45) is 4.18. The molecule has 2 amide bonds. The fraction of sp³-hybridized carbons (Fsp3) is 0.278. The van der Waals surface area contributed by atoms with Gasteiger partial charge in [0.25, 0.3) is 11.8 Å². The van der Waals surface area contributed by atoms with Gasteiger partial charge in [0.2, 0.25) is 0 Å². The molecule has 2 heterocycles. The van der Waals surface area contributed by atoms with Crippen LogP contribution in [-0.2, 0) is 0 Å². The van der Waals surface area contributed by atoms with Crippen LogP contribution in [0.3, 0.4) is 0 Å². The standard InChI is InChI=1S/C18H18N2O5/c21-16(12-2-1-3-13(10-12)18(23)24)19-15-4-7-20(8-5-15)17(22)14-6-9-25-11-14/h1-3,6,9-11,15H,4-5,7-8H2,(H,19,21)(H,23,24). The number of furan rings is 1. The van der Waals surface area contributed by atoms with Crippen molar-refractivity contribution in [2.24, 2.45) is 0 Å². The van der Waals surface area contributed by atoms with Crippen molar-refractivity contribution in [2.75, 3.05) is 13.1 Å². The zero-order valence-electron chi connectivity index (χ0n) is 13.5. The highest BCUT2D eigenvalue weighted by Gasteiger charge is 2.25. The molecule has 130 valence electrons. The normalized spacial score (nSPS) is 15.0. The minimum Gasteiger partial charge on any atom is -0.478 e. The monoisotopic (exact) mass is 342 g/mol. The van der Waals surface area contributed by atoms with Crippen LogP contribution in [0.5, 0.6) is 0 Å². The molecule has 2 N–H and O–H groups in total. The number of nitrogens with one attached hydrogen (secondary N) is 1. The third-order valence-electron chi connectivity index (χ3n) is 4.26. The molecule has 1 aliphatic heterocycles. The van der Waals surface area contributed by atoms with E-state index in [-0.39, 0.29) is 23.4 Å². The molecule has 1 saturated heterocycles. The number of carboxylic acids is 1. The van der Waals surface area contributed by atoms with E-state index >= 15 is 0 Å².